The van der Waals surface area contributed by atoms with E-state index in [0.717, 1.165) is 29.2 Å². The van der Waals surface area contributed by atoms with E-state index in [1.165, 1.54) is 0 Å². The number of hydrogen-bond acceptors (Lipinski definition) is 5. The molecule has 0 saturated heterocycles. The average molecular weight is 307 g/mol. The molecule has 6 nitrogen and oxygen atoms in total. The number of hydrogen-bond donors (Lipinski definition) is 1. The van der Waals surface area contributed by atoms with Crippen molar-refractivity contribution in [1.29, 1.82) is 0 Å². The van der Waals surface area contributed by atoms with Gasteiger partial charge in [0.1, 0.15) is 12.1 Å². The van der Waals surface area contributed by atoms with Gasteiger partial charge in [-0.1, -0.05) is 24.3 Å². The highest BCUT2D eigenvalue weighted by molar-refractivity contribution is 5.42. The number of ether oxygens (including phenoxy) is 1. The number of benzene rings is 1. The molecule has 0 bridgehead atoms. The Morgan fingerprint density at radius 2 is 2.13 bits per heavy atom. The molecule has 2 atom stereocenters. The predicted molar refractivity (Wildman–Crippen MR) is 86.4 cm³/mol. The van der Waals surface area contributed by atoms with Crippen molar-refractivity contribution >= 4 is 5.95 Å². The van der Waals surface area contributed by atoms with Crippen molar-refractivity contribution in [3.8, 4) is 5.75 Å². The van der Waals surface area contributed by atoms with Crippen molar-refractivity contribution in [1.82, 2.24) is 19.7 Å². The number of pyridine rings is 1. The first kappa shape index (κ1) is 13.8. The van der Waals surface area contributed by atoms with E-state index in [0.29, 0.717) is 0 Å². The number of methoxy groups -OCH3 is 1. The topological polar surface area (TPSA) is 64.9 Å². The third-order valence-electron chi connectivity index (χ3n) is 4.22. The first-order valence-electron chi connectivity index (χ1n) is 7.55. The van der Waals surface area contributed by atoms with Gasteiger partial charge in [-0.3, -0.25) is 4.98 Å². The molecule has 3 aromatic rings. The molecule has 0 fully saturated rings. The smallest absolute Gasteiger partial charge is 0.222 e. The summed E-state index contributed by atoms with van der Waals surface area (Å²) in [6.07, 6.45) is 6.11. The third kappa shape index (κ3) is 2.42. The minimum absolute atomic E-state index is 0.0649. The third-order valence-corrected chi connectivity index (χ3v) is 4.22. The lowest BCUT2D eigenvalue weighted by atomic mass is 9.93. The molecule has 0 amide bonds. The summed E-state index contributed by atoms with van der Waals surface area (Å²) in [5, 5.41) is 7.83. The fourth-order valence-electron chi connectivity index (χ4n) is 3.12. The van der Waals surface area contributed by atoms with Crippen molar-refractivity contribution in [3.05, 3.63) is 66.2 Å². The Bertz CT molecular complexity index is 802. The van der Waals surface area contributed by atoms with E-state index in [1.807, 2.05) is 35.1 Å². The van der Waals surface area contributed by atoms with Crippen LogP contribution in [-0.4, -0.2) is 26.9 Å². The molecule has 23 heavy (non-hydrogen) atoms. The first-order chi connectivity index (χ1) is 11.4. The van der Waals surface area contributed by atoms with Crippen LogP contribution in [0.1, 0.15) is 29.6 Å². The highest BCUT2D eigenvalue weighted by Gasteiger charge is 2.31. The zero-order valence-electron chi connectivity index (χ0n) is 12.8. The molecule has 0 radical (unpaired) electrons. The Morgan fingerprint density at radius 3 is 2.96 bits per heavy atom. The molecule has 0 spiro atoms. The van der Waals surface area contributed by atoms with Gasteiger partial charge in [0.15, 0.2) is 0 Å². The average Bonchev–Trinajstić information content (AvgIpc) is 3.10. The molecule has 1 aliphatic rings. The largest absolute Gasteiger partial charge is 0.496 e. The summed E-state index contributed by atoms with van der Waals surface area (Å²) in [7, 11) is 1.70. The monoisotopic (exact) mass is 307 g/mol. The van der Waals surface area contributed by atoms with E-state index in [-0.39, 0.29) is 12.1 Å². The second kappa shape index (κ2) is 5.72. The molecule has 3 heterocycles. The maximum absolute atomic E-state index is 5.54. The van der Waals surface area contributed by atoms with Gasteiger partial charge in [0.05, 0.1) is 19.2 Å². The molecule has 1 N–H and O–H groups in total. The Balaban J connectivity index is 1.77. The summed E-state index contributed by atoms with van der Waals surface area (Å²) < 4.78 is 7.46. The van der Waals surface area contributed by atoms with Gasteiger partial charge < -0.3 is 10.1 Å². The predicted octanol–water partition coefficient (Wildman–Crippen LogP) is 2.83. The van der Waals surface area contributed by atoms with E-state index in [4.69, 9.17) is 4.74 Å². The molecule has 1 aliphatic heterocycles. The fraction of sp³-hybridized carbons (Fsp3) is 0.235. The summed E-state index contributed by atoms with van der Waals surface area (Å²) in [6.45, 7) is 0. The number of fused-ring (bicyclic) bond motifs is 1. The van der Waals surface area contributed by atoms with Gasteiger partial charge in [0.2, 0.25) is 5.95 Å². The highest BCUT2D eigenvalue weighted by Crippen LogP contribution is 2.39. The lowest BCUT2D eigenvalue weighted by Crippen LogP contribution is -2.28. The standard InChI is InChI=1S/C17H17N5O/c1-23-16-7-3-2-6-13(16)15-9-14(12-5-4-8-18-10-12)21-17-19-11-20-22(15)17/h2-8,10-11,14-15H,9H2,1H3,(H,19,20,21)/t14-,15-/m1/s1. The Morgan fingerprint density at radius 1 is 1.22 bits per heavy atom. The number of rotatable bonds is 3. The van der Waals surface area contributed by atoms with Crippen LogP contribution in [0.4, 0.5) is 5.95 Å². The van der Waals surface area contributed by atoms with Crippen LogP contribution in [0.25, 0.3) is 0 Å². The Kier molecular flexibility index (Phi) is 3.42. The van der Waals surface area contributed by atoms with Gasteiger partial charge in [-0.2, -0.15) is 10.1 Å². The second-order valence-electron chi connectivity index (χ2n) is 5.50. The number of nitrogens with zero attached hydrogens (tertiary/aromatic N) is 4. The molecule has 0 unspecified atom stereocenters. The van der Waals surface area contributed by atoms with Crippen LogP contribution in [0.2, 0.25) is 0 Å². The number of para-hydroxylation sites is 1. The quantitative estimate of drug-likeness (QED) is 0.806. The van der Waals surface area contributed by atoms with E-state index < -0.39 is 0 Å². The van der Waals surface area contributed by atoms with E-state index >= 15 is 0 Å². The van der Waals surface area contributed by atoms with Crippen LogP contribution >= 0.6 is 0 Å². The van der Waals surface area contributed by atoms with Gasteiger partial charge >= 0.3 is 0 Å². The number of aromatic nitrogens is 4. The van der Waals surface area contributed by atoms with Crippen LogP contribution in [0, 0.1) is 0 Å². The molecule has 4 rings (SSSR count). The highest BCUT2D eigenvalue weighted by atomic mass is 16.5. The van der Waals surface area contributed by atoms with Gasteiger partial charge in [0.25, 0.3) is 0 Å². The summed E-state index contributed by atoms with van der Waals surface area (Å²) in [4.78, 5) is 8.57. The van der Waals surface area contributed by atoms with Crippen molar-refractivity contribution in [2.75, 3.05) is 12.4 Å². The van der Waals surface area contributed by atoms with Crippen LogP contribution < -0.4 is 10.1 Å². The van der Waals surface area contributed by atoms with E-state index in [2.05, 4.69) is 32.5 Å². The maximum Gasteiger partial charge on any atom is 0.222 e. The lowest BCUT2D eigenvalue weighted by Gasteiger charge is -2.32. The molecule has 116 valence electrons. The van der Waals surface area contributed by atoms with Gasteiger partial charge in [-0.25, -0.2) is 4.68 Å². The number of nitrogens with one attached hydrogen (secondary N) is 1. The van der Waals surface area contributed by atoms with Crippen molar-refractivity contribution in [2.24, 2.45) is 0 Å². The molecule has 1 aromatic carbocycles. The second-order valence-corrected chi connectivity index (χ2v) is 5.50. The van der Waals surface area contributed by atoms with Gasteiger partial charge in [-0.15, -0.1) is 0 Å². The van der Waals surface area contributed by atoms with Crippen LogP contribution in [0.5, 0.6) is 5.75 Å². The van der Waals surface area contributed by atoms with Crippen LogP contribution in [0.3, 0.4) is 0 Å². The Hall–Kier alpha value is -2.89. The molecule has 0 saturated carbocycles. The minimum Gasteiger partial charge on any atom is -0.496 e. The zero-order valence-corrected chi connectivity index (χ0v) is 12.8. The van der Waals surface area contributed by atoms with Crippen molar-refractivity contribution in [3.63, 3.8) is 0 Å². The fourth-order valence-corrected chi connectivity index (χ4v) is 3.12. The van der Waals surface area contributed by atoms with Crippen molar-refractivity contribution in [2.45, 2.75) is 18.5 Å². The van der Waals surface area contributed by atoms with E-state index in [9.17, 15) is 0 Å². The van der Waals surface area contributed by atoms with Crippen LogP contribution in [0.15, 0.2) is 55.1 Å². The lowest BCUT2D eigenvalue weighted by molar-refractivity contribution is 0.380. The van der Waals surface area contributed by atoms with Crippen LogP contribution in [-0.2, 0) is 0 Å². The molecule has 6 heteroatoms. The van der Waals surface area contributed by atoms with Crippen molar-refractivity contribution < 1.29 is 4.74 Å². The summed E-state index contributed by atoms with van der Waals surface area (Å²) in [5.41, 5.74) is 2.25. The van der Waals surface area contributed by atoms with E-state index in [1.54, 1.807) is 19.6 Å². The summed E-state index contributed by atoms with van der Waals surface area (Å²) >= 11 is 0. The normalized spacial score (nSPS) is 19.7. The van der Waals surface area contributed by atoms with Gasteiger partial charge in [-0.05, 0) is 24.1 Å². The van der Waals surface area contributed by atoms with Gasteiger partial charge in [0, 0.05) is 18.0 Å². The summed E-state index contributed by atoms with van der Waals surface area (Å²) in [6, 6.07) is 12.3. The number of anilines is 1. The maximum atomic E-state index is 5.54. The SMILES string of the molecule is COc1ccccc1[C@H]1C[C@H](c2cccnc2)Nc2ncnn21. The molecular formula is C17H17N5O. The Labute approximate surface area is 134 Å². The molecule has 2 aromatic heterocycles. The molecule has 0 aliphatic carbocycles. The minimum atomic E-state index is 0.0649. The summed E-state index contributed by atoms with van der Waals surface area (Å²) in [5.74, 6) is 1.63. The molecular weight excluding hydrogens is 290 g/mol. The first-order valence-corrected chi connectivity index (χ1v) is 7.55. The zero-order chi connectivity index (χ0) is 15.6.